The van der Waals surface area contributed by atoms with Crippen molar-refractivity contribution in [2.45, 2.75) is 69.3 Å². The number of pyridine rings is 1. The topological polar surface area (TPSA) is 93.5 Å². The molecule has 0 fully saturated rings. The average Bonchev–Trinajstić information content (AvgIpc) is 3.16. The molecule has 208 valence electrons. The zero-order valence-corrected chi connectivity index (χ0v) is 23.9. The molecule has 2 aromatic heterocycles. The highest BCUT2D eigenvalue weighted by Crippen LogP contribution is 2.31. The number of fused-ring (bicyclic) bond motifs is 1. The van der Waals surface area contributed by atoms with E-state index < -0.39 is 34.3 Å². The van der Waals surface area contributed by atoms with E-state index in [9.17, 15) is 26.4 Å². The van der Waals surface area contributed by atoms with Gasteiger partial charge in [-0.25, -0.2) is 18.2 Å². The van der Waals surface area contributed by atoms with Gasteiger partial charge in [-0.1, -0.05) is 19.6 Å². The number of hydrogen-bond donors (Lipinski definition) is 1. The van der Waals surface area contributed by atoms with Crippen LogP contribution in [0, 0.1) is 0 Å². The summed E-state index contributed by atoms with van der Waals surface area (Å²) in [6.45, 7) is 11.8. The molecule has 0 unspecified atom stereocenters. The summed E-state index contributed by atoms with van der Waals surface area (Å²) < 4.78 is 69.4. The summed E-state index contributed by atoms with van der Waals surface area (Å²) >= 11 is 0. The molecule has 0 saturated carbocycles. The second-order valence-electron chi connectivity index (χ2n) is 10.5. The highest BCUT2D eigenvalue weighted by molar-refractivity contribution is 7.92. The fourth-order valence-electron chi connectivity index (χ4n) is 3.68. The molecule has 0 radical (unpaired) electrons. The van der Waals surface area contributed by atoms with Gasteiger partial charge in [0.1, 0.15) is 12.4 Å². The maximum atomic E-state index is 13.1. The third-order valence-electron chi connectivity index (χ3n) is 5.89. The Kier molecular flexibility index (Phi) is 8.94. The third kappa shape index (κ3) is 7.14. The SMILES string of the molecule is CC(C)N(Cc1cn(COCC[Si](C)(C)C)c2ncccc12)C(=O)Nc1ccc(S(=O)(=O)C(F)(F)F)cc1. The molecule has 0 aliphatic carbocycles. The van der Waals surface area contributed by atoms with Crippen molar-refractivity contribution in [2.24, 2.45) is 0 Å². The van der Waals surface area contributed by atoms with E-state index in [2.05, 4.69) is 29.9 Å². The Bertz CT molecular complexity index is 1370. The summed E-state index contributed by atoms with van der Waals surface area (Å²) in [6, 6.07) is 7.97. The lowest BCUT2D eigenvalue weighted by molar-refractivity contribution is -0.0436. The van der Waals surface area contributed by atoms with Crippen LogP contribution in [0.2, 0.25) is 25.7 Å². The highest BCUT2D eigenvalue weighted by atomic mass is 32.2. The van der Waals surface area contributed by atoms with Gasteiger partial charge in [-0.15, -0.1) is 0 Å². The minimum Gasteiger partial charge on any atom is -0.361 e. The number of nitrogens with one attached hydrogen (secondary N) is 1. The van der Waals surface area contributed by atoms with E-state index in [0.29, 0.717) is 13.3 Å². The lowest BCUT2D eigenvalue weighted by Gasteiger charge is -2.27. The molecule has 13 heteroatoms. The molecule has 1 N–H and O–H groups in total. The number of ether oxygens (including phenoxy) is 1. The number of urea groups is 1. The predicted octanol–water partition coefficient (Wildman–Crippen LogP) is 6.08. The molecule has 0 bridgehead atoms. The van der Waals surface area contributed by atoms with Gasteiger partial charge in [0.05, 0.1) is 4.90 Å². The van der Waals surface area contributed by atoms with Crippen LogP contribution in [0.25, 0.3) is 11.0 Å². The first kappa shape index (κ1) is 29.6. The Morgan fingerprint density at radius 1 is 1.16 bits per heavy atom. The fraction of sp³-hybridized carbons (Fsp3) is 0.440. The third-order valence-corrected chi connectivity index (χ3v) is 9.09. The second-order valence-corrected chi connectivity index (χ2v) is 18.0. The van der Waals surface area contributed by atoms with Crippen LogP contribution in [-0.4, -0.2) is 55.1 Å². The number of carbonyl (C=O) groups is 1. The molecule has 1 aromatic carbocycles. The molecule has 0 aliphatic heterocycles. The van der Waals surface area contributed by atoms with E-state index in [1.807, 2.05) is 36.7 Å². The van der Waals surface area contributed by atoms with Gasteiger partial charge in [-0.3, -0.25) is 0 Å². The highest BCUT2D eigenvalue weighted by Gasteiger charge is 2.46. The summed E-state index contributed by atoms with van der Waals surface area (Å²) in [5.74, 6) is 0. The van der Waals surface area contributed by atoms with Gasteiger partial charge in [0.15, 0.2) is 0 Å². The number of rotatable bonds is 10. The molecule has 38 heavy (non-hydrogen) atoms. The number of alkyl halides is 3. The molecule has 2 amide bonds. The molecule has 0 atom stereocenters. The maximum Gasteiger partial charge on any atom is 0.501 e. The molecule has 0 spiro atoms. The Morgan fingerprint density at radius 3 is 2.39 bits per heavy atom. The Hall–Kier alpha value is -2.90. The number of carbonyl (C=O) groups excluding carboxylic acids is 1. The van der Waals surface area contributed by atoms with Crippen LogP contribution in [0.1, 0.15) is 19.4 Å². The van der Waals surface area contributed by atoms with E-state index in [4.69, 9.17) is 4.74 Å². The monoisotopic (exact) mass is 570 g/mol. The van der Waals surface area contributed by atoms with Gasteiger partial charge < -0.3 is 19.5 Å². The lowest BCUT2D eigenvalue weighted by atomic mass is 10.2. The fourth-order valence-corrected chi connectivity index (χ4v) is 5.20. The van der Waals surface area contributed by atoms with Crippen LogP contribution in [0.4, 0.5) is 23.7 Å². The maximum absolute atomic E-state index is 13.1. The van der Waals surface area contributed by atoms with E-state index >= 15 is 0 Å². The first-order chi connectivity index (χ1) is 17.6. The summed E-state index contributed by atoms with van der Waals surface area (Å²) in [7, 11) is -6.69. The number of nitrogens with zero attached hydrogens (tertiary/aromatic N) is 3. The summed E-state index contributed by atoms with van der Waals surface area (Å²) in [5.41, 5.74) is -3.64. The first-order valence-corrected chi connectivity index (χ1v) is 17.3. The zero-order chi connectivity index (χ0) is 28.3. The minimum atomic E-state index is -5.47. The Labute approximate surface area is 221 Å². The van der Waals surface area contributed by atoms with Crippen LogP contribution in [0.3, 0.4) is 0 Å². The van der Waals surface area contributed by atoms with Crippen LogP contribution in [0.15, 0.2) is 53.7 Å². The van der Waals surface area contributed by atoms with Crippen molar-refractivity contribution in [3.8, 4) is 0 Å². The van der Waals surface area contributed by atoms with E-state index in [-0.39, 0.29) is 18.3 Å². The molecule has 2 heterocycles. The Morgan fingerprint density at radius 2 is 1.82 bits per heavy atom. The number of halogens is 3. The van der Waals surface area contributed by atoms with Crippen LogP contribution in [-0.2, 0) is 27.8 Å². The van der Waals surface area contributed by atoms with Crippen molar-refractivity contribution >= 4 is 40.7 Å². The van der Waals surface area contributed by atoms with Crippen molar-refractivity contribution in [2.75, 3.05) is 11.9 Å². The van der Waals surface area contributed by atoms with Gasteiger partial charge in [-0.05, 0) is 61.9 Å². The largest absolute Gasteiger partial charge is 0.501 e. The van der Waals surface area contributed by atoms with Crippen LogP contribution in [0.5, 0.6) is 0 Å². The smallest absolute Gasteiger partial charge is 0.361 e. The molecule has 0 saturated heterocycles. The molecule has 3 rings (SSSR count). The number of sulfone groups is 1. The van der Waals surface area contributed by atoms with Crippen molar-refractivity contribution in [3.05, 3.63) is 54.4 Å². The van der Waals surface area contributed by atoms with Crippen LogP contribution < -0.4 is 5.32 Å². The molecule has 8 nitrogen and oxygen atoms in total. The number of benzene rings is 1. The predicted molar refractivity (Wildman–Crippen MR) is 143 cm³/mol. The summed E-state index contributed by atoms with van der Waals surface area (Å²) in [5, 5.41) is 3.52. The van der Waals surface area contributed by atoms with Crippen molar-refractivity contribution in [1.82, 2.24) is 14.5 Å². The Balaban J connectivity index is 1.76. The van der Waals surface area contributed by atoms with Gasteiger partial charge in [0.2, 0.25) is 0 Å². The molecule has 0 aliphatic rings. The summed E-state index contributed by atoms with van der Waals surface area (Å²) in [6.07, 6.45) is 3.60. The number of aromatic nitrogens is 2. The van der Waals surface area contributed by atoms with Crippen molar-refractivity contribution in [1.29, 1.82) is 0 Å². The van der Waals surface area contributed by atoms with E-state index in [1.165, 1.54) is 0 Å². The minimum absolute atomic E-state index is 0.168. The van der Waals surface area contributed by atoms with Crippen molar-refractivity contribution in [3.63, 3.8) is 0 Å². The van der Waals surface area contributed by atoms with Crippen molar-refractivity contribution < 1.29 is 31.1 Å². The molecule has 3 aromatic rings. The standard InChI is InChI=1S/C25H33F3N4O4SSi/c1-18(2)32(24(33)30-20-8-10-21(11-9-20)37(34,35)25(26,27)28)16-19-15-31(17-36-13-14-38(3,4)5)23-22(19)7-6-12-29-23/h6-12,15,18H,13-14,16-17H2,1-5H3,(H,30,33). The van der Waals surface area contributed by atoms with Gasteiger partial charge in [0.25, 0.3) is 9.84 Å². The lowest BCUT2D eigenvalue weighted by Crippen LogP contribution is -2.39. The first-order valence-electron chi connectivity index (χ1n) is 12.1. The quantitative estimate of drug-likeness (QED) is 0.235. The second kappa shape index (κ2) is 11.5. The molecular weight excluding hydrogens is 537 g/mol. The van der Waals surface area contributed by atoms with Gasteiger partial charge in [-0.2, -0.15) is 13.2 Å². The zero-order valence-electron chi connectivity index (χ0n) is 22.0. The average molecular weight is 571 g/mol. The number of hydrogen-bond acceptors (Lipinski definition) is 5. The van der Waals surface area contributed by atoms with Gasteiger partial charge in [0, 0.05) is 50.7 Å². The van der Waals surface area contributed by atoms with E-state index in [1.54, 1.807) is 11.1 Å². The summed E-state index contributed by atoms with van der Waals surface area (Å²) in [4.78, 5) is 18.3. The normalized spacial score (nSPS) is 12.8. The number of amides is 2. The van der Waals surface area contributed by atoms with E-state index in [0.717, 1.165) is 46.9 Å². The van der Waals surface area contributed by atoms with Crippen LogP contribution >= 0.6 is 0 Å². The van der Waals surface area contributed by atoms with Gasteiger partial charge >= 0.3 is 11.5 Å². The number of anilines is 1. The molecular formula is C25H33F3N4O4SSi.